The van der Waals surface area contributed by atoms with E-state index in [2.05, 4.69) is 31.9 Å². The number of rotatable bonds is 3. The predicted molar refractivity (Wildman–Crippen MR) is 80.8 cm³/mol. The van der Waals surface area contributed by atoms with Crippen LogP contribution in [-0.4, -0.2) is 7.11 Å². The maximum Gasteiger partial charge on any atom is 0.134 e. The quantitative estimate of drug-likeness (QED) is 0.811. The molecule has 106 valence electrons. The highest BCUT2D eigenvalue weighted by Crippen LogP contribution is 2.33. The highest BCUT2D eigenvalue weighted by molar-refractivity contribution is 9.11. The number of methoxy groups -OCH3 is 1. The lowest BCUT2D eigenvalue weighted by molar-refractivity contribution is 0.404. The first-order chi connectivity index (χ1) is 9.43. The van der Waals surface area contributed by atoms with Crippen LogP contribution in [0.3, 0.4) is 0 Å². The number of ether oxygens (including phenoxy) is 1. The van der Waals surface area contributed by atoms with E-state index in [1.807, 2.05) is 0 Å². The number of halogens is 4. The molecule has 0 aromatic heterocycles. The molecule has 2 N–H and O–H groups in total. The zero-order chi connectivity index (χ0) is 14.9. The molecule has 0 saturated heterocycles. The van der Waals surface area contributed by atoms with E-state index >= 15 is 0 Å². The van der Waals surface area contributed by atoms with Crippen molar-refractivity contribution in [1.29, 1.82) is 0 Å². The first kappa shape index (κ1) is 15.4. The van der Waals surface area contributed by atoms with Crippen molar-refractivity contribution < 1.29 is 13.5 Å². The third kappa shape index (κ3) is 3.02. The molecule has 1 atom stereocenters. The summed E-state index contributed by atoms with van der Waals surface area (Å²) in [7, 11) is 1.35. The highest BCUT2D eigenvalue weighted by atomic mass is 79.9. The molecule has 20 heavy (non-hydrogen) atoms. The second-order valence-electron chi connectivity index (χ2n) is 4.15. The van der Waals surface area contributed by atoms with Gasteiger partial charge in [-0.05, 0) is 17.7 Å². The zero-order valence-corrected chi connectivity index (χ0v) is 13.6. The summed E-state index contributed by atoms with van der Waals surface area (Å²) in [5, 5.41) is 0. The van der Waals surface area contributed by atoms with E-state index in [4.69, 9.17) is 10.5 Å². The fourth-order valence-electron chi connectivity index (χ4n) is 1.89. The minimum absolute atomic E-state index is 0.117. The molecule has 0 aliphatic rings. The first-order valence-corrected chi connectivity index (χ1v) is 7.26. The second-order valence-corrected chi connectivity index (χ2v) is 5.92. The summed E-state index contributed by atoms with van der Waals surface area (Å²) in [6.07, 6.45) is 0. The standard InChI is InChI=1S/C14H11Br2F2NO/c1-20-8-5-11(17)13(12(18)6-8)14(19)9-3-2-7(15)4-10(9)16/h2-6,14H,19H2,1H3. The second kappa shape index (κ2) is 6.20. The topological polar surface area (TPSA) is 35.2 Å². The van der Waals surface area contributed by atoms with Crippen LogP contribution < -0.4 is 10.5 Å². The summed E-state index contributed by atoms with van der Waals surface area (Å²) in [6, 6.07) is 6.56. The van der Waals surface area contributed by atoms with Gasteiger partial charge in [-0.15, -0.1) is 0 Å². The smallest absolute Gasteiger partial charge is 0.134 e. The Morgan fingerprint density at radius 3 is 2.20 bits per heavy atom. The summed E-state index contributed by atoms with van der Waals surface area (Å²) >= 11 is 6.66. The highest BCUT2D eigenvalue weighted by Gasteiger charge is 2.21. The fraction of sp³-hybridized carbons (Fsp3) is 0.143. The lowest BCUT2D eigenvalue weighted by atomic mass is 9.98. The largest absolute Gasteiger partial charge is 0.497 e. The molecule has 0 amide bonds. The molecule has 0 heterocycles. The van der Waals surface area contributed by atoms with Crippen LogP contribution in [0, 0.1) is 11.6 Å². The predicted octanol–water partition coefficient (Wildman–Crippen LogP) is 4.55. The molecule has 2 aromatic carbocycles. The minimum atomic E-state index is -0.914. The number of hydrogen-bond donors (Lipinski definition) is 1. The van der Waals surface area contributed by atoms with Crippen molar-refractivity contribution >= 4 is 31.9 Å². The van der Waals surface area contributed by atoms with Gasteiger partial charge in [-0.25, -0.2) is 8.78 Å². The van der Waals surface area contributed by atoms with Crippen molar-refractivity contribution in [2.45, 2.75) is 6.04 Å². The van der Waals surface area contributed by atoms with Gasteiger partial charge >= 0.3 is 0 Å². The van der Waals surface area contributed by atoms with E-state index in [0.717, 1.165) is 16.6 Å². The van der Waals surface area contributed by atoms with E-state index in [1.54, 1.807) is 18.2 Å². The molecule has 0 saturated carbocycles. The summed E-state index contributed by atoms with van der Waals surface area (Å²) in [5.74, 6) is -1.35. The summed E-state index contributed by atoms with van der Waals surface area (Å²) in [6.45, 7) is 0. The first-order valence-electron chi connectivity index (χ1n) is 5.67. The van der Waals surface area contributed by atoms with Crippen molar-refractivity contribution in [3.8, 4) is 5.75 Å². The van der Waals surface area contributed by atoms with Crippen LogP contribution in [0.4, 0.5) is 8.78 Å². The van der Waals surface area contributed by atoms with Crippen LogP contribution in [0.2, 0.25) is 0 Å². The van der Waals surface area contributed by atoms with E-state index < -0.39 is 17.7 Å². The van der Waals surface area contributed by atoms with Gasteiger partial charge in [-0.1, -0.05) is 37.9 Å². The van der Waals surface area contributed by atoms with Crippen molar-refractivity contribution in [1.82, 2.24) is 0 Å². The van der Waals surface area contributed by atoms with Crippen molar-refractivity contribution in [3.05, 3.63) is 62.0 Å². The molecular weight excluding hydrogens is 396 g/mol. The minimum Gasteiger partial charge on any atom is -0.497 e. The SMILES string of the molecule is COc1cc(F)c(C(N)c2ccc(Br)cc2Br)c(F)c1. The van der Waals surface area contributed by atoms with E-state index in [-0.39, 0.29) is 11.3 Å². The molecule has 1 unspecified atom stereocenters. The Balaban J connectivity index is 2.50. The average Bonchev–Trinajstić information content (AvgIpc) is 2.37. The van der Waals surface area contributed by atoms with Gasteiger partial charge in [0.25, 0.3) is 0 Å². The van der Waals surface area contributed by atoms with E-state index in [1.165, 1.54) is 7.11 Å². The monoisotopic (exact) mass is 405 g/mol. The molecule has 0 aliphatic heterocycles. The number of nitrogens with two attached hydrogens (primary N) is 1. The van der Waals surface area contributed by atoms with Crippen LogP contribution in [0.15, 0.2) is 39.3 Å². The normalized spacial score (nSPS) is 12.3. The van der Waals surface area contributed by atoms with Gasteiger partial charge < -0.3 is 10.5 Å². The molecule has 0 fully saturated rings. The van der Waals surface area contributed by atoms with Gasteiger partial charge in [-0.3, -0.25) is 0 Å². The van der Waals surface area contributed by atoms with E-state index in [9.17, 15) is 8.78 Å². The Hall–Kier alpha value is -0.980. The molecular formula is C14H11Br2F2NO. The fourth-order valence-corrected chi connectivity index (χ4v) is 3.18. The summed E-state index contributed by atoms with van der Waals surface area (Å²) < 4.78 is 34.4. The maximum atomic E-state index is 14.0. The maximum absolute atomic E-state index is 14.0. The van der Waals surface area contributed by atoms with E-state index in [0.29, 0.717) is 10.0 Å². The zero-order valence-electron chi connectivity index (χ0n) is 10.5. The van der Waals surface area contributed by atoms with Gasteiger partial charge in [0.1, 0.15) is 17.4 Å². The van der Waals surface area contributed by atoms with Gasteiger partial charge in [-0.2, -0.15) is 0 Å². The Bertz CT molecular complexity index is 626. The summed E-state index contributed by atoms with van der Waals surface area (Å²) in [5.41, 5.74) is 6.40. The molecule has 2 aromatic rings. The van der Waals surface area contributed by atoms with Crippen LogP contribution >= 0.6 is 31.9 Å². The Morgan fingerprint density at radius 2 is 1.70 bits per heavy atom. The third-order valence-electron chi connectivity index (χ3n) is 2.90. The van der Waals surface area contributed by atoms with Crippen LogP contribution in [-0.2, 0) is 0 Å². The average molecular weight is 407 g/mol. The Labute approximate surface area is 132 Å². The van der Waals surface area contributed by atoms with Gasteiger partial charge in [0.05, 0.1) is 13.2 Å². The summed E-state index contributed by atoms with van der Waals surface area (Å²) in [4.78, 5) is 0. The molecule has 0 aliphatic carbocycles. The third-order valence-corrected chi connectivity index (χ3v) is 4.08. The van der Waals surface area contributed by atoms with Gasteiger partial charge in [0, 0.05) is 26.6 Å². The van der Waals surface area contributed by atoms with Crippen LogP contribution in [0.5, 0.6) is 5.75 Å². The lowest BCUT2D eigenvalue weighted by Crippen LogP contribution is -2.16. The van der Waals surface area contributed by atoms with Gasteiger partial charge in [0.15, 0.2) is 0 Å². The van der Waals surface area contributed by atoms with Crippen LogP contribution in [0.25, 0.3) is 0 Å². The van der Waals surface area contributed by atoms with Crippen LogP contribution in [0.1, 0.15) is 17.2 Å². The molecule has 2 nitrogen and oxygen atoms in total. The van der Waals surface area contributed by atoms with Crippen molar-refractivity contribution in [3.63, 3.8) is 0 Å². The number of benzene rings is 2. The molecule has 0 spiro atoms. The van der Waals surface area contributed by atoms with Gasteiger partial charge in [0.2, 0.25) is 0 Å². The molecule has 2 rings (SSSR count). The van der Waals surface area contributed by atoms with Crippen molar-refractivity contribution in [2.75, 3.05) is 7.11 Å². The molecule has 0 radical (unpaired) electrons. The molecule has 0 bridgehead atoms. The number of hydrogen-bond acceptors (Lipinski definition) is 2. The lowest BCUT2D eigenvalue weighted by Gasteiger charge is -2.17. The Kier molecular flexibility index (Phi) is 4.78. The molecule has 6 heteroatoms. The Morgan fingerprint density at radius 1 is 1.10 bits per heavy atom. The van der Waals surface area contributed by atoms with Crippen molar-refractivity contribution in [2.24, 2.45) is 5.73 Å².